The fourth-order valence-electron chi connectivity index (χ4n) is 2.44. The van der Waals surface area contributed by atoms with Gasteiger partial charge in [0.15, 0.2) is 0 Å². The van der Waals surface area contributed by atoms with Crippen molar-refractivity contribution in [2.75, 3.05) is 13.1 Å². The Balaban J connectivity index is 2.05. The number of rotatable bonds is 2. The van der Waals surface area contributed by atoms with Gasteiger partial charge >= 0.3 is 0 Å². The number of halogens is 2. The van der Waals surface area contributed by atoms with Crippen LogP contribution in [0.1, 0.15) is 18.7 Å². The minimum Gasteiger partial charge on any atom is -0.309 e. The molecule has 4 nitrogen and oxygen atoms in total. The molecular formula is C13H13Br2N3O. The molecule has 1 fully saturated rings. The van der Waals surface area contributed by atoms with Crippen molar-refractivity contribution in [3.63, 3.8) is 0 Å². The number of nitrogens with one attached hydrogen (secondary N) is 1. The highest BCUT2D eigenvalue weighted by Gasteiger charge is 2.14. The molecule has 0 bridgehead atoms. The standard InChI is InChI=1S/C13H13Br2N3O/c14-8-5-9-12(10(15)6-8)16-11(17-13(9)19)7-18-3-1-2-4-18/h5-6H,1-4,7H2,(H,16,17,19). The van der Waals surface area contributed by atoms with E-state index >= 15 is 0 Å². The first-order valence-corrected chi connectivity index (χ1v) is 7.82. The third-order valence-electron chi connectivity index (χ3n) is 3.35. The Hall–Kier alpha value is -0.720. The van der Waals surface area contributed by atoms with Gasteiger partial charge in [-0.15, -0.1) is 0 Å². The number of likely N-dealkylation sites (tertiary alicyclic amines) is 1. The molecule has 0 unspecified atom stereocenters. The molecule has 0 radical (unpaired) electrons. The smallest absolute Gasteiger partial charge is 0.258 e. The summed E-state index contributed by atoms with van der Waals surface area (Å²) >= 11 is 6.86. The second-order valence-corrected chi connectivity index (χ2v) is 6.55. The molecule has 0 saturated carbocycles. The van der Waals surface area contributed by atoms with Gasteiger partial charge in [0.1, 0.15) is 5.82 Å². The lowest BCUT2D eigenvalue weighted by Crippen LogP contribution is -2.22. The predicted molar refractivity (Wildman–Crippen MR) is 82.3 cm³/mol. The van der Waals surface area contributed by atoms with Crippen LogP contribution in [0.25, 0.3) is 10.9 Å². The van der Waals surface area contributed by atoms with E-state index in [2.05, 4.69) is 46.7 Å². The summed E-state index contributed by atoms with van der Waals surface area (Å²) in [5.74, 6) is 0.738. The Morgan fingerprint density at radius 3 is 2.74 bits per heavy atom. The maximum atomic E-state index is 12.1. The Morgan fingerprint density at radius 1 is 1.26 bits per heavy atom. The normalized spacial score (nSPS) is 16.3. The molecule has 2 aromatic rings. The fraction of sp³-hybridized carbons (Fsp3) is 0.385. The maximum Gasteiger partial charge on any atom is 0.258 e. The van der Waals surface area contributed by atoms with Crippen molar-refractivity contribution in [2.45, 2.75) is 19.4 Å². The van der Waals surface area contributed by atoms with Crippen molar-refractivity contribution in [2.24, 2.45) is 0 Å². The van der Waals surface area contributed by atoms with Crippen LogP contribution in [-0.4, -0.2) is 28.0 Å². The second kappa shape index (κ2) is 5.34. The van der Waals surface area contributed by atoms with E-state index in [0.29, 0.717) is 11.9 Å². The number of aromatic nitrogens is 2. The van der Waals surface area contributed by atoms with Gasteiger partial charge < -0.3 is 4.98 Å². The highest BCUT2D eigenvalue weighted by atomic mass is 79.9. The van der Waals surface area contributed by atoms with E-state index in [9.17, 15) is 4.79 Å². The summed E-state index contributed by atoms with van der Waals surface area (Å²) < 4.78 is 1.71. The van der Waals surface area contributed by atoms with Crippen LogP contribution in [0.15, 0.2) is 25.9 Å². The third kappa shape index (κ3) is 2.75. The number of hydrogen-bond donors (Lipinski definition) is 1. The van der Waals surface area contributed by atoms with Gasteiger partial charge in [-0.05, 0) is 54.0 Å². The van der Waals surface area contributed by atoms with Crippen LogP contribution in [0.2, 0.25) is 0 Å². The van der Waals surface area contributed by atoms with Crippen molar-refractivity contribution in [1.82, 2.24) is 14.9 Å². The van der Waals surface area contributed by atoms with Gasteiger partial charge in [0.2, 0.25) is 0 Å². The number of H-pyrrole nitrogens is 1. The highest BCUT2D eigenvalue weighted by Crippen LogP contribution is 2.25. The minimum atomic E-state index is -0.0822. The zero-order valence-electron chi connectivity index (χ0n) is 10.2. The fourth-order valence-corrected chi connectivity index (χ4v) is 3.76. The van der Waals surface area contributed by atoms with E-state index in [1.54, 1.807) is 6.07 Å². The summed E-state index contributed by atoms with van der Waals surface area (Å²) in [5.41, 5.74) is 0.641. The molecule has 1 aromatic carbocycles. The van der Waals surface area contributed by atoms with Crippen LogP contribution in [0.4, 0.5) is 0 Å². The number of benzene rings is 1. The van der Waals surface area contributed by atoms with Crippen molar-refractivity contribution in [3.05, 3.63) is 37.3 Å². The number of fused-ring (bicyclic) bond motifs is 1. The van der Waals surface area contributed by atoms with Crippen LogP contribution in [0.5, 0.6) is 0 Å². The van der Waals surface area contributed by atoms with E-state index in [-0.39, 0.29) is 5.56 Å². The first-order chi connectivity index (χ1) is 9.13. The van der Waals surface area contributed by atoms with Crippen LogP contribution < -0.4 is 5.56 Å². The van der Waals surface area contributed by atoms with Crippen molar-refractivity contribution >= 4 is 42.8 Å². The summed E-state index contributed by atoms with van der Waals surface area (Å²) in [6, 6.07) is 3.71. The summed E-state index contributed by atoms with van der Waals surface area (Å²) in [6.07, 6.45) is 2.46. The molecule has 0 amide bonds. The minimum absolute atomic E-state index is 0.0822. The van der Waals surface area contributed by atoms with Crippen LogP contribution in [0, 0.1) is 0 Å². The molecule has 0 spiro atoms. The molecule has 3 rings (SSSR count). The average Bonchev–Trinajstić information content (AvgIpc) is 2.84. The van der Waals surface area contributed by atoms with Gasteiger partial charge in [0.25, 0.3) is 5.56 Å². The lowest BCUT2D eigenvalue weighted by atomic mass is 10.2. The molecule has 0 aliphatic carbocycles. The molecule has 1 saturated heterocycles. The Morgan fingerprint density at radius 2 is 2.00 bits per heavy atom. The first kappa shape index (κ1) is 13.3. The van der Waals surface area contributed by atoms with Gasteiger partial charge in [-0.2, -0.15) is 0 Å². The molecule has 1 aliphatic heterocycles. The molecule has 1 N–H and O–H groups in total. The van der Waals surface area contributed by atoms with Gasteiger partial charge in [-0.25, -0.2) is 4.98 Å². The van der Waals surface area contributed by atoms with Crippen LogP contribution in [-0.2, 0) is 6.54 Å². The summed E-state index contributed by atoms with van der Waals surface area (Å²) in [6.45, 7) is 2.89. The zero-order valence-corrected chi connectivity index (χ0v) is 13.4. The zero-order chi connectivity index (χ0) is 13.4. The van der Waals surface area contributed by atoms with Gasteiger partial charge in [-0.3, -0.25) is 9.69 Å². The maximum absolute atomic E-state index is 12.1. The summed E-state index contributed by atoms with van der Waals surface area (Å²) in [4.78, 5) is 21.9. The molecule has 100 valence electrons. The van der Waals surface area contributed by atoms with Gasteiger partial charge in [-0.1, -0.05) is 15.9 Å². The Kier molecular flexibility index (Phi) is 3.73. The SMILES string of the molecule is O=c1[nH]c(CN2CCCC2)nc2c(Br)cc(Br)cc12. The second-order valence-electron chi connectivity index (χ2n) is 4.78. The first-order valence-electron chi connectivity index (χ1n) is 6.24. The average molecular weight is 387 g/mol. The highest BCUT2D eigenvalue weighted by molar-refractivity contribution is 9.11. The topological polar surface area (TPSA) is 49.0 Å². The molecule has 19 heavy (non-hydrogen) atoms. The Labute approximate surface area is 127 Å². The van der Waals surface area contributed by atoms with Gasteiger partial charge in [0, 0.05) is 8.95 Å². The lowest BCUT2D eigenvalue weighted by Gasteiger charge is -2.14. The molecule has 6 heteroatoms. The third-order valence-corrected chi connectivity index (χ3v) is 4.41. The summed E-state index contributed by atoms with van der Waals surface area (Å²) in [7, 11) is 0. The largest absolute Gasteiger partial charge is 0.309 e. The van der Waals surface area contributed by atoms with Crippen molar-refractivity contribution < 1.29 is 0 Å². The van der Waals surface area contributed by atoms with Crippen molar-refractivity contribution in [1.29, 1.82) is 0 Å². The molecular weight excluding hydrogens is 374 g/mol. The molecule has 1 aromatic heterocycles. The van der Waals surface area contributed by atoms with Crippen LogP contribution in [0.3, 0.4) is 0 Å². The quantitative estimate of drug-likeness (QED) is 0.862. The number of hydrogen-bond acceptors (Lipinski definition) is 3. The molecule has 2 heterocycles. The molecule has 1 aliphatic rings. The predicted octanol–water partition coefficient (Wildman–Crippen LogP) is 3.04. The van der Waals surface area contributed by atoms with E-state index < -0.39 is 0 Å². The number of nitrogens with zero attached hydrogens (tertiary/aromatic N) is 2. The van der Waals surface area contributed by atoms with E-state index in [4.69, 9.17) is 0 Å². The molecule has 0 atom stereocenters. The van der Waals surface area contributed by atoms with Crippen molar-refractivity contribution in [3.8, 4) is 0 Å². The monoisotopic (exact) mass is 385 g/mol. The summed E-state index contributed by atoms with van der Waals surface area (Å²) in [5, 5.41) is 0.603. The van der Waals surface area contributed by atoms with E-state index in [1.807, 2.05) is 6.07 Å². The van der Waals surface area contributed by atoms with E-state index in [1.165, 1.54) is 12.8 Å². The van der Waals surface area contributed by atoms with E-state index in [0.717, 1.165) is 33.4 Å². The Bertz CT molecular complexity index is 677. The number of aromatic amines is 1. The van der Waals surface area contributed by atoms with Crippen LogP contribution >= 0.6 is 31.9 Å². The van der Waals surface area contributed by atoms with Gasteiger partial charge in [0.05, 0.1) is 17.4 Å². The lowest BCUT2D eigenvalue weighted by molar-refractivity contribution is 0.322.